The van der Waals surface area contributed by atoms with Crippen LogP contribution in [0.5, 0.6) is 0 Å². The Morgan fingerprint density at radius 1 is 1.50 bits per heavy atom. The van der Waals surface area contributed by atoms with Crippen LogP contribution < -0.4 is 5.43 Å². The van der Waals surface area contributed by atoms with Crippen molar-refractivity contribution in [1.29, 1.82) is 0 Å². The minimum atomic E-state index is 0.746. The molecule has 2 nitrogen and oxygen atoms in total. The maximum absolute atomic E-state index is 3.75. The van der Waals surface area contributed by atoms with Crippen LogP contribution in [0.4, 0.5) is 0 Å². The zero-order valence-electron chi connectivity index (χ0n) is 7.39. The van der Waals surface area contributed by atoms with Crippen LogP contribution in [-0.2, 0) is 0 Å². The summed E-state index contributed by atoms with van der Waals surface area (Å²) in [4.78, 5) is 0. The van der Waals surface area contributed by atoms with E-state index in [0.717, 1.165) is 11.0 Å². The van der Waals surface area contributed by atoms with Gasteiger partial charge in [0.1, 0.15) is 0 Å². The molecule has 1 aromatic rings. The molecule has 0 spiro atoms. The van der Waals surface area contributed by atoms with Gasteiger partial charge in [-0.2, -0.15) is 0 Å². The average Bonchev–Trinajstić information content (AvgIpc) is 2.28. The summed E-state index contributed by atoms with van der Waals surface area (Å²) < 4.78 is 3.00. The molecule has 0 radical (unpaired) electrons. The molecule has 0 bridgehead atoms. The zero-order chi connectivity index (χ0) is 9.14. The molecule has 0 aliphatic rings. The smallest absolute Gasteiger partial charge is 0.0623 e. The Hall–Kier alpha value is -0.700. The molecule has 12 heavy (non-hydrogen) atoms. The summed E-state index contributed by atoms with van der Waals surface area (Å²) in [7, 11) is 0. The highest BCUT2D eigenvalue weighted by molar-refractivity contribution is 9.11. The molecule has 0 unspecified atom stereocenters. The molecule has 0 aromatic carbocycles. The van der Waals surface area contributed by atoms with Crippen LogP contribution in [0.1, 0.15) is 11.4 Å². The zero-order valence-corrected chi connectivity index (χ0v) is 8.98. The Morgan fingerprint density at radius 2 is 2.00 bits per heavy atom. The van der Waals surface area contributed by atoms with Gasteiger partial charge in [-0.25, -0.2) is 0 Å². The van der Waals surface area contributed by atoms with Gasteiger partial charge in [0, 0.05) is 15.9 Å². The molecule has 0 saturated heterocycles. The summed E-state index contributed by atoms with van der Waals surface area (Å²) in [6.07, 6.45) is 0. The summed E-state index contributed by atoms with van der Waals surface area (Å²) in [6.45, 7) is 8.63. The fourth-order valence-electron chi connectivity index (χ4n) is 1.08. The van der Waals surface area contributed by atoms with Gasteiger partial charge in [-0.1, -0.05) is 22.5 Å². The Labute approximate surface area is 81.4 Å². The largest absolute Gasteiger partial charge is 0.321 e. The summed E-state index contributed by atoms with van der Waals surface area (Å²) in [5, 5.41) is 0. The molecule has 0 saturated carbocycles. The maximum Gasteiger partial charge on any atom is 0.0623 e. The van der Waals surface area contributed by atoms with E-state index in [-0.39, 0.29) is 0 Å². The molecule has 1 rings (SSSR count). The van der Waals surface area contributed by atoms with Crippen molar-refractivity contribution in [3.63, 3.8) is 0 Å². The van der Waals surface area contributed by atoms with E-state index >= 15 is 0 Å². The third kappa shape index (κ3) is 2.14. The van der Waals surface area contributed by atoms with Crippen LogP contribution in [0.15, 0.2) is 23.2 Å². The van der Waals surface area contributed by atoms with Gasteiger partial charge >= 0.3 is 0 Å². The van der Waals surface area contributed by atoms with Gasteiger partial charge in [0.25, 0.3) is 0 Å². The van der Waals surface area contributed by atoms with Crippen molar-refractivity contribution in [1.82, 2.24) is 4.68 Å². The standard InChI is InChI=1S/C9H13BrN2/c1-7(10)6-11-12-8(2)4-5-9(12)3/h4-5,11H,1,6H2,2-3H3. The highest BCUT2D eigenvalue weighted by Gasteiger charge is 1.98. The van der Waals surface area contributed by atoms with Gasteiger partial charge < -0.3 is 5.43 Å². The van der Waals surface area contributed by atoms with Crippen LogP contribution in [0.25, 0.3) is 0 Å². The lowest BCUT2D eigenvalue weighted by Crippen LogP contribution is -2.18. The first-order valence-corrected chi connectivity index (χ1v) is 4.62. The second kappa shape index (κ2) is 3.81. The summed E-state index contributed by atoms with van der Waals surface area (Å²) in [5.74, 6) is 0. The van der Waals surface area contributed by atoms with Crippen LogP contribution in [0.3, 0.4) is 0 Å². The number of hydrogen-bond acceptors (Lipinski definition) is 1. The first kappa shape index (κ1) is 9.39. The van der Waals surface area contributed by atoms with Crippen molar-refractivity contribution in [2.24, 2.45) is 0 Å². The Balaban J connectivity index is 2.68. The minimum Gasteiger partial charge on any atom is -0.321 e. The molecule has 1 N–H and O–H groups in total. The van der Waals surface area contributed by atoms with Crippen molar-refractivity contribution in [3.8, 4) is 0 Å². The molecule has 0 aliphatic heterocycles. The van der Waals surface area contributed by atoms with Crippen molar-refractivity contribution >= 4 is 15.9 Å². The number of halogens is 1. The summed E-state index contributed by atoms with van der Waals surface area (Å²) in [5.41, 5.74) is 5.65. The number of rotatable bonds is 3. The fraction of sp³-hybridized carbons (Fsp3) is 0.333. The predicted molar refractivity (Wildman–Crippen MR) is 56.2 cm³/mol. The second-order valence-electron chi connectivity index (χ2n) is 2.80. The van der Waals surface area contributed by atoms with E-state index in [1.807, 2.05) is 4.68 Å². The van der Waals surface area contributed by atoms with Gasteiger partial charge in [0.2, 0.25) is 0 Å². The predicted octanol–water partition coefficient (Wildman–Crippen LogP) is 2.56. The van der Waals surface area contributed by atoms with Gasteiger partial charge in [-0.3, -0.25) is 4.68 Å². The number of nitrogens with zero attached hydrogens (tertiary/aromatic N) is 1. The first-order chi connectivity index (χ1) is 5.61. The lowest BCUT2D eigenvalue weighted by Gasteiger charge is -2.11. The molecule has 0 fully saturated rings. The normalized spacial score (nSPS) is 9.92. The molecule has 0 atom stereocenters. The lowest BCUT2D eigenvalue weighted by molar-refractivity contribution is 0.828. The second-order valence-corrected chi connectivity index (χ2v) is 3.93. The third-order valence-corrected chi connectivity index (χ3v) is 1.98. The molecule has 1 aromatic heterocycles. The Kier molecular flexibility index (Phi) is 2.98. The topological polar surface area (TPSA) is 17.0 Å². The highest BCUT2D eigenvalue weighted by atomic mass is 79.9. The Morgan fingerprint density at radius 3 is 2.42 bits per heavy atom. The number of hydrogen-bond donors (Lipinski definition) is 1. The SMILES string of the molecule is C=C(Br)CNn1c(C)ccc1C. The van der Waals surface area contributed by atoms with E-state index in [1.165, 1.54) is 11.4 Å². The fourth-order valence-corrected chi connectivity index (χ4v) is 1.21. The third-order valence-electron chi connectivity index (χ3n) is 1.70. The van der Waals surface area contributed by atoms with E-state index in [2.05, 4.69) is 53.9 Å². The van der Waals surface area contributed by atoms with Gasteiger partial charge in [-0.05, 0) is 26.0 Å². The van der Waals surface area contributed by atoms with Crippen LogP contribution in [-0.4, -0.2) is 11.2 Å². The van der Waals surface area contributed by atoms with Crippen LogP contribution >= 0.6 is 15.9 Å². The number of aryl methyl sites for hydroxylation is 2. The van der Waals surface area contributed by atoms with Gasteiger partial charge in [0.15, 0.2) is 0 Å². The molecule has 1 heterocycles. The highest BCUT2D eigenvalue weighted by Crippen LogP contribution is 2.05. The first-order valence-electron chi connectivity index (χ1n) is 3.83. The van der Waals surface area contributed by atoms with Crippen molar-refractivity contribution in [2.45, 2.75) is 13.8 Å². The van der Waals surface area contributed by atoms with Gasteiger partial charge in [-0.15, -0.1) is 0 Å². The molecule has 0 aliphatic carbocycles. The molecule has 3 heteroatoms. The van der Waals surface area contributed by atoms with E-state index in [0.29, 0.717) is 0 Å². The van der Waals surface area contributed by atoms with Crippen LogP contribution in [0, 0.1) is 13.8 Å². The monoisotopic (exact) mass is 228 g/mol. The minimum absolute atomic E-state index is 0.746. The number of aromatic nitrogens is 1. The van der Waals surface area contributed by atoms with E-state index in [4.69, 9.17) is 0 Å². The average molecular weight is 229 g/mol. The van der Waals surface area contributed by atoms with Crippen molar-refractivity contribution in [2.75, 3.05) is 12.0 Å². The lowest BCUT2D eigenvalue weighted by atomic mass is 10.5. The Bertz CT molecular complexity index is 269. The quantitative estimate of drug-likeness (QED) is 0.842. The molecule has 66 valence electrons. The summed E-state index contributed by atoms with van der Waals surface area (Å²) >= 11 is 3.30. The maximum atomic E-state index is 3.75. The molecular weight excluding hydrogens is 216 g/mol. The summed E-state index contributed by atoms with van der Waals surface area (Å²) in [6, 6.07) is 4.17. The number of nitrogens with one attached hydrogen (secondary N) is 1. The molecule has 0 amide bonds. The van der Waals surface area contributed by atoms with E-state index in [1.54, 1.807) is 0 Å². The van der Waals surface area contributed by atoms with Gasteiger partial charge in [0.05, 0.1) is 6.54 Å². The van der Waals surface area contributed by atoms with Crippen LogP contribution in [0.2, 0.25) is 0 Å². The van der Waals surface area contributed by atoms with Crippen molar-refractivity contribution < 1.29 is 0 Å². The molecular formula is C9H13BrN2. The van der Waals surface area contributed by atoms with E-state index < -0.39 is 0 Å². The van der Waals surface area contributed by atoms with E-state index in [9.17, 15) is 0 Å². The van der Waals surface area contributed by atoms with Crippen molar-refractivity contribution in [3.05, 3.63) is 34.6 Å².